The molecule has 0 aliphatic rings. The smallest absolute Gasteiger partial charge is 0.103 e. The minimum absolute atomic E-state index is 0.0201. The van der Waals surface area contributed by atoms with Crippen LogP contribution < -0.4 is 4.90 Å². The number of nitrogens with zero attached hydrogens (tertiary/aromatic N) is 3. The third-order valence-corrected chi connectivity index (χ3v) is 2.72. The molecule has 1 aromatic rings. The lowest BCUT2D eigenvalue weighted by Crippen LogP contribution is -2.32. The average molecular weight is 219 g/mol. The number of aliphatic hydroxyl groups is 1. The van der Waals surface area contributed by atoms with Gasteiger partial charge in [0.15, 0.2) is 0 Å². The summed E-state index contributed by atoms with van der Waals surface area (Å²) < 4.78 is 0. The second kappa shape index (κ2) is 4.95. The monoisotopic (exact) mass is 219 g/mol. The maximum absolute atomic E-state index is 9.13. The molecule has 1 heterocycles. The summed E-state index contributed by atoms with van der Waals surface area (Å²) in [7, 11) is 1.87. The molecule has 0 saturated heterocycles. The van der Waals surface area contributed by atoms with Gasteiger partial charge in [-0.1, -0.05) is 0 Å². The summed E-state index contributed by atoms with van der Waals surface area (Å²) in [6, 6.07) is 4.02. The lowest BCUT2D eigenvalue weighted by atomic mass is 10.1. The van der Waals surface area contributed by atoms with Gasteiger partial charge in [0.05, 0.1) is 23.6 Å². The first-order chi connectivity index (χ1) is 7.51. The third kappa shape index (κ3) is 2.31. The number of hydrogen-bond acceptors (Lipinski definition) is 4. The van der Waals surface area contributed by atoms with Gasteiger partial charge in [0.1, 0.15) is 6.07 Å². The minimum atomic E-state index is -0.0201. The van der Waals surface area contributed by atoms with E-state index >= 15 is 0 Å². The van der Waals surface area contributed by atoms with Crippen LogP contribution in [0.25, 0.3) is 0 Å². The maximum Gasteiger partial charge on any atom is 0.103 e. The zero-order valence-corrected chi connectivity index (χ0v) is 10.2. The fourth-order valence-corrected chi connectivity index (χ4v) is 1.58. The summed E-state index contributed by atoms with van der Waals surface area (Å²) in [6.45, 7) is 5.69. The molecule has 0 saturated carbocycles. The van der Waals surface area contributed by atoms with Crippen molar-refractivity contribution in [2.45, 2.75) is 26.8 Å². The highest BCUT2D eigenvalue weighted by Gasteiger charge is 2.15. The molecule has 0 bridgehead atoms. The minimum Gasteiger partial charge on any atom is -0.394 e. The molecule has 4 heteroatoms. The summed E-state index contributed by atoms with van der Waals surface area (Å²) in [5.74, 6) is 0. The van der Waals surface area contributed by atoms with Gasteiger partial charge in [-0.05, 0) is 26.8 Å². The number of aryl methyl sites for hydroxylation is 2. The Labute approximate surface area is 96.2 Å². The van der Waals surface area contributed by atoms with Crippen molar-refractivity contribution >= 4 is 5.69 Å². The van der Waals surface area contributed by atoms with E-state index in [2.05, 4.69) is 11.1 Å². The van der Waals surface area contributed by atoms with Crippen molar-refractivity contribution in [1.29, 1.82) is 5.26 Å². The Bertz CT molecular complexity index is 423. The molecule has 4 nitrogen and oxygen atoms in total. The molecule has 0 radical (unpaired) electrons. The van der Waals surface area contributed by atoms with Crippen LogP contribution in [-0.4, -0.2) is 29.8 Å². The second-order valence-corrected chi connectivity index (χ2v) is 4.00. The number of rotatable bonds is 3. The van der Waals surface area contributed by atoms with Crippen LogP contribution in [0, 0.1) is 25.2 Å². The van der Waals surface area contributed by atoms with Crippen molar-refractivity contribution in [3.63, 3.8) is 0 Å². The zero-order chi connectivity index (χ0) is 12.3. The first-order valence-electron chi connectivity index (χ1n) is 5.23. The number of aliphatic hydroxyl groups excluding tert-OH is 1. The molecule has 16 heavy (non-hydrogen) atoms. The van der Waals surface area contributed by atoms with Crippen molar-refractivity contribution in [3.05, 3.63) is 23.0 Å². The number of likely N-dealkylation sites (N-methyl/N-ethyl adjacent to an activating group) is 1. The van der Waals surface area contributed by atoms with Gasteiger partial charge in [-0.25, -0.2) is 0 Å². The van der Waals surface area contributed by atoms with Crippen LogP contribution in [0.1, 0.15) is 23.9 Å². The van der Waals surface area contributed by atoms with E-state index in [1.54, 1.807) is 0 Å². The Kier molecular flexibility index (Phi) is 3.86. The highest BCUT2D eigenvalue weighted by atomic mass is 16.3. The molecule has 0 aliphatic carbocycles. The van der Waals surface area contributed by atoms with E-state index < -0.39 is 0 Å². The van der Waals surface area contributed by atoms with Gasteiger partial charge >= 0.3 is 0 Å². The molecule has 0 fully saturated rings. The SMILES string of the molecule is Cc1cc(N(C)C(C)CO)c(C#N)c(C)n1. The molecule has 0 spiro atoms. The van der Waals surface area contributed by atoms with Crippen molar-refractivity contribution in [3.8, 4) is 6.07 Å². The Morgan fingerprint density at radius 2 is 2.19 bits per heavy atom. The van der Waals surface area contributed by atoms with Crippen LogP contribution in [0.15, 0.2) is 6.07 Å². The maximum atomic E-state index is 9.13. The molecule has 86 valence electrons. The van der Waals surface area contributed by atoms with E-state index in [4.69, 9.17) is 10.4 Å². The van der Waals surface area contributed by atoms with Gasteiger partial charge in [-0.2, -0.15) is 5.26 Å². The third-order valence-electron chi connectivity index (χ3n) is 2.72. The Balaban J connectivity index is 3.27. The summed E-state index contributed by atoms with van der Waals surface area (Å²) in [5.41, 5.74) is 3.01. The summed E-state index contributed by atoms with van der Waals surface area (Å²) in [4.78, 5) is 6.16. The van der Waals surface area contributed by atoms with Crippen LogP contribution in [0.5, 0.6) is 0 Å². The van der Waals surface area contributed by atoms with Gasteiger partial charge in [-0.3, -0.25) is 4.98 Å². The topological polar surface area (TPSA) is 60.1 Å². The second-order valence-electron chi connectivity index (χ2n) is 4.00. The van der Waals surface area contributed by atoms with E-state index in [0.717, 1.165) is 17.1 Å². The number of anilines is 1. The number of nitriles is 1. The van der Waals surface area contributed by atoms with Gasteiger partial charge < -0.3 is 10.0 Å². The molecule has 0 aromatic carbocycles. The fourth-order valence-electron chi connectivity index (χ4n) is 1.58. The number of hydrogen-bond donors (Lipinski definition) is 1. The van der Waals surface area contributed by atoms with Crippen molar-refractivity contribution < 1.29 is 5.11 Å². The molecule has 0 amide bonds. The van der Waals surface area contributed by atoms with Crippen LogP contribution in [0.3, 0.4) is 0 Å². The molecule has 1 N–H and O–H groups in total. The highest BCUT2D eigenvalue weighted by molar-refractivity contribution is 5.61. The van der Waals surface area contributed by atoms with Crippen molar-refractivity contribution in [2.24, 2.45) is 0 Å². The zero-order valence-electron chi connectivity index (χ0n) is 10.2. The molecule has 1 aromatic heterocycles. The Morgan fingerprint density at radius 3 is 2.69 bits per heavy atom. The molecular weight excluding hydrogens is 202 g/mol. The molecular formula is C12H17N3O. The quantitative estimate of drug-likeness (QED) is 0.834. The normalized spacial score (nSPS) is 12.0. The molecule has 1 atom stereocenters. The predicted molar refractivity (Wildman–Crippen MR) is 63.4 cm³/mol. The standard InChI is InChI=1S/C12H17N3O/c1-8-5-12(15(4)9(2)7-16)11(6-13)10(3)14-8/h5,9,16H,7H2,1-4H3. The summed E-state index contributed by atoms with van der Waals surface area (Å²) in [6.07, 6.45) is 0. The Morgan fingerprint density at radius 1 is 1.56 bits per heavy atom. The first-order valence-corrected chi connectivity index (χ1v) is 5.23. The van der Waals surface area contributed by atoms with E-state index in [9.17, 15) is 0 Å². The van der Waals surface area contributed by atoms with E-state index in [0.29, 0.717) is 5.56 Å². The first kappa shape index (κ1) is 12.5. The van der Waals surface area contributed by atoms with Crippen LogP contribution in [0.4, 0.5) is 5.69 Å². The largest absolute Gasteiger partial charge is 0.394 e. The molecule has 1 unspecified atom stereocenters. The fraction of sp³-hybridized carbons (Fsp3) is 0.500. The van der Waals surface area contributed by atoms with Gasteiger partial charge in [0, 0.05) is 18.8 Å². The predicted octanol–water partition coefficient (Wildman–Crippen LogP) is 1.39. The summed E-state index contributed by atoms with van der Waals surface area (Å²) >= 11 is 0. The average Bonchev–Trinajstić information content (AvgIpc) is 2.26. The summed E-state index contributed by atoms with van der Waals surface area (Å²) in [5, 5.41) is 18.2. The van der Waals surface area contributed by atoms with Gasteiger partial charge in [0.25, 0.3) is 0 Å². The highest BCUT2D eigenvalue weighted by Crippen LogP contribution is 2.23. The molecule has 0 aliphatic heterocycles. The van der Waals surface area contributed by atoms with Crippen LogP contribution in [0.2, 0.25) is 0 Å². The number of aromatic nitrogens is 1. The van der Waals surface area contributed by atoms with Gasteiger partial charge in [0.2, 0.25) is 0 Å². The van der Waals surface area contributed by atoms with E-state index in [1.807, 2.05) is 38.8 Å². The number of pyridine rings is 1. The van der Waals surface area contributed by atoms with Crippen LogP contribution in [-0.2, 0) is 0 Å². The lowest BCUT2D eigenvalue weighted by Gasteiger charge is -2.26. The lowest BCUT2D eigenvalue weighted by molar-refractivity contribution is 0.270. The molecule has 1 rings (SSSR count). The van der Waals surface area contributed by atoms with E-state index in [1.165, 1.54) is 0 Å². The van der Waals surface area contributed by atoms with Gasteiger partial charge in [-0.15, -0.1) is 0 Å². The van der Waals surface area contributed by atoms with Crippen molar-refractivity contribution in [1.82, 2.24) is 4.98 Å². The van der Waals surface area contributed by atoms with E-state index in [-0.39, 0.29) is 12.6 Å². The van der Waals surface area contributed by atoms with Crippen molar-refractivity contribution in [2.75, 3.05) is 18.6 Å². The Hall–Kier alpha value is -1.60. The van der Waals surface area contributed by atoms with Crippen LogP contribution >= 0.6 is 0 Å².